The van der Waals surface area contributed by atoms with Gasteiger partial charge in [0.25, 0.3) is 5.91 Å². The van der Waals surface area contributed by atoms with Gasteiger partial charge in [0.15, 0.2) is 0 Å². The van der Waals surface area contributed by atoms with E-state index in [0.717, 1.165) is 11.3 Å². The number of likely N-dealkylation sites (N-methyl/N-ethyl adjacent to an activating group) is 1. The molecule has 4 rings (SSSR count). The van der Waals surface area contributed by atoms with Crippen LogP contribution >= 0.6 is 0 Å². The predicted octanol–water partition coefficient (Wildman–Crippen LogP) is 5.67. The maximum Gasteiger partial charge on any atom is 0.309 e. The van der Waals surface area contributed by atoms with Crippen molar-refractivity contribution in [1.82, 2.24) is 0 Å². The van der Waals surface area contributed by atoms with Crippen LogP contribution in [0.2, 0.25) is 0 Å². The third kappa shape index (κ3) is 5.80. The highest BCUT2D eigenvalue weighted by atomic mass is 32.2. The van der Waals surface area contributed by atoms with Crippen molar-refractivity contribution < 1.29 is 31.3 Å². The summed E-state index contributed by atoms with van der Waals surface area (Å²) in [4.78, 5) is 14.8. The van der Waals surface area contributed by atoms with E-state index >= 15 is 0 Å². The van der Waals surface area contributed by atoms with Gasteiger partial charge in [-0.05, 0) is 62.6 Å². The standard InChI is InChI=1S/C29H33FN2O6S/c1-7-14-39(34,35)38-20-10-11-22(26(16-20)36-6)21-12-13-24-27(32(5)28(33)29(3,4)31-24)23(21)17-37-25-15-19(30)9-8-18(25)2/h8-13,15-16,31H,7,14,17H2,1-6H3. The molecule has 0 saturated carbocycles. The van der Waals surface area contributed by atoms with E-state index in [2.05, 4.69) is 5.32 Å². The fourth-order valence-corrected chi connectivity index (χ4v) is 5.67. The average molecular weight is 557 g/mol. The third-order valence-corrected chi connectivity index (χ3v) is 7.92. The lowest BCUT2D eigenvalue weighted by Gasteiger charge is -2.39. The number of benzene rings is 3. The molecule has 0 unspecified atom stereocenters. The van der Waals surface area contributed by atoms with Crippen LogP contribution in [0, 0.1) is 12.7 Å². The monoisotopic (exact) mass is 556 g/mol. The highest BCUT2D eigenvalue weighted by molar-refractivity contribution is 7.87. The van der Waals surface area contributed by atoms with E-state index in [9.17, 15) is 17.6 Å². The molecule has 10 heteroatoms. The Kier molecular flexibility index (Phi) is 7.79. The molecule has 1 amide bonds. The largest absolute Gasteiger partial charge is 0.496 e. The number of anilines is 2. The summed E-state index contributed by atoms with van der Waals surface area (Å²) in [7, 11) is -0.552. The van der Waals surface area contributed by atoms with Crippen LogP contribution in [0.4, 0.5) is 15.8 Å². The van der Waals surface area contributed by atoms with Gasteiger partial charge in [-0.2, -0.15) is 8.42 Å². The molecule has 1 aliphatic rings. The number of amides is 1. The Morgan fingerprint density at radius 2 is 1.74 bits per heavy atom. The fourth-order valence-electron chi connectivity index (χ4n) is 4.69. The molecule has 8 nitrogen and oxygen atoms in total. The van der Waals surface area contributed by atoms with Crippen molar-refractivity contribution in [3.8, 4) is 28.4 Å². The van der Waals surface area contributed by atoms with Crippen molar-refractivity contribution in [2.24, 2.45) is 0 Å². The highest BCUT2D eigenvalue weighted by Crippen LogP contribution is 2.45. The van der Waals surface area contributed by atoms with Gasteiger partial charge in [-0.15, -0.1) is 0 Å². The molecular formula is C29H33FN2O6S. The first-order valence-corrected chi connectivity index (χ1v) is 14.2. The molecule has 0 saturated heterocycles. The summed E-state index contributed by atoms with van der Waals surface area (Å²) in [6, 6.07) is 12.9. The van der Waals surface area contributed by atoms with Crippen molar-refractivity contribution in [3.63, 3.8) is 0 Å². The number of ether oxygens (including phenoxy) is 2. The zero-order valence-electron chi connectivity index (χ0n) is 22.9. The summed E-state index contributed by atoms with van der Waals surface area (Å²) in [5.74, 6) is 0.232. The van der Waals surface area contributed by atoms with Crippen molar-refractivity contribution >= 4 is 27.4 Å². The van der Waals surface area contributed by atoms with Crippen LogP contribution in [-0.2, 0) is 21.5 Å². The number of carbonyl (C=O) groups is 1. The van der Waals surface area contributed by atoms with Crippen molar-refractivity contribution in [2.75, 3.05) is 30.1 Å². The van der Waals surface area contributed by atoms with Crippen LogP contribution in [0.1, 0.15) is 38.3 Å². The van der Waals surface area contributed by atoms with Crippen LogP contribution in [0.25, 0.3) is 11.1 Å². The summed E-state index contributed by atoms with van der Waals surface area (Å²) in [6.45, 7) is 7.22. The minimum Gasteiger partial charge on any atom is -0.496 e. The first kappa shape index (κ1) is 28.2. The summed E-state index contributed by atoms with van der Waals surface area (Å²) in [5.41, 5.74) is 3.31. The van der Waals surface area contributed by atoms with Gasteiger partial charge in [-0.3, -0.25) is 4.79 Å². The number of aryl methyl sites for hydroxylation is 1. The van der Waals surface area contributed by atoms with Crippen molar-refractivity contribution in [3.05, 3.63) is 65.5 Å². The molecule has 0 radical (unpaired) electrons. The Morgan fingerprint density at radius 3 is 2.44 bits per heavy atom. The molecule has 0 spiro atoms. The Morgan fingerprint density at radius 1 is 1.03 bits per heavy atom. The number of fused-ring (bicyclic) bond motifs is 1. The number of methoxy groups -OCH3 is 1. The SMILES string of the molecule is CCCS(=O)(=O)Oc1ccc(-c2ccc3c(c2COc2cc(F)ccc2C)N(C)C(=O)C(C)(C)N3)c(OC)c1. The molecule has 1 aliphatic heterocycles. The smallest absolute Gasteiger partial charge is 0.309 e. The maximum absolute atomic E-state index is 14.0. The number of hydrogen-bond donors (Lipinski definition) is 1. The van der Waals surface area contributed by atoms with E-state index < -0.39 is 21.5 Å². The van der Waals surface area contributed by atoms with E-state index in [-0.39, 0.29) is 24.0 Å². The van der Waals surface area contributed by atoms with Gasteiger partial charge < -0.3 is 23.9 Å². The number of halogens is 1. The average Bonchev–Trinajstić information content (AvgIpc) is 2.87. The topological polar surface area (TPSA) is 94.2 Å². The third-order valence-electron chi connectivity index (χ3n) is 6.57. The lowest BCUT2D eigenvalue weighted by molar-refractivity contribution is -0.121. The normalized spacial score (nSPS) is 14.4. The van der Waals surface area contributed by atoms with Crippen LogP contribution in [-0.4, -0.2) is 39.8 Å². The van der Waals surface area contributed by atoms with Gasteiger partial charge in [-0.25, -0.2) is 4.39 Å². The maximum atomic E-state index is 14.0. The number of nitrogens with zero attached hydrogens (tertiary/aromatic N) is 1. The number of hydrogen-bond acceptors (Lipinski definition) is 7. The first-order chi connectivity index (χ1) is 18.4. The first-order valence-electron chi connectivity index (χ1n) is 12.6. The summed E-state index contributed by atoms with van der Waals surface area (Å²) in [6.07, 6.45) is 0.428. The van der Waals surface area contributed by atoms with Crippen molar-refractivity contribution in [1.29, 1.82) is 0 Å². The van der Waals surface area contributed by atoms with Crippen molar-refractivity contribution in [2.45, 2.75) is 46.3 Å². The summed E-state index contributed by atoms with van der Waals surface area (Å²) >= 11 is 0. The fraction of sp³-hybridized carbons (Fsp3) is 0.345. The van der Waals surface area contributed by atoms with E-state index in [1.807, 2.05) is 32.9 Å². The molecule has 1 N–H and O–H groups in total. The Labute approximate surface area is 228 Å². The van der Waals surface area contributed by atoms with Gasteiger partial charge in [0.1, 0.15) is 35.2 Å². The molecule has 0 atom stereocenters. The number of rotatable bonds is 9. The molecule has 3 aromatic carbocycles. The van der Waals surface area contributed by atoms with Gasteiger partial charge in [0.2, 0.25) is 0 Å². The Balaban J connectivity index is 1.85. The Bertz CT molecular complexity index is 1520. The second-order valence-electron chi connectivity index (χ2n) is 10.0. The Hall–Kier alpha value is -3.79. The number of carbonyl (C=O) groups excluding carboxylic acids is 1. The van der Waals surface area contributed by atoms with Crippen LogP contribution in [0.5, 0.6) is 17.2 Å². The quantitative estimate of drug-likeness (QED) is 0.339. The number of nitrogens with one attached hydrogen (secondary N) is 1. The molecular weight excluding hydrogens is 523 g/mol. The van der Waals surface area contributed by atoms with Gasteiger partial charge in [0.05, 0.1) is 24.2 Å². The summed E-state index contributed by atoms with van der Waals surface area (Å²) in [5, 5.41) is 3.30. The summed E-state index contributed by atoms with van der Waals surface area (Å²) < 4.78 is 55.4. The molecule has 1 heterocycles. The van der Waals surface area contributed by atoms with Crippen LogP contribution < -0.4 is 23.9 Å². The molecule has 0 fully saturated rings. The lowest BCUT2D eigenvalue weighted by atomic mass is 9.91. The van der Waals surface area contributed by atoms with Crippen LogP contribution in [0.15, 0.2) is 48.5 Å². The van der Waals surface area contributed by atoms with Gasteiger partial charge >= 0.3 is 10.1 Å². The van der Waals surface area contributed by atoms with E-state index in [1.165, 1.54) is 25.3 Å². The zero-order valence-corrected chi connectivity index (χ0v) is 23.7. The van der Waals surface area contributed by atoms with E-state index in [1.54, 1.807) is 37.1 Å². The van der Waals surface area contributed by atoms with Gasteiger partial charge in [-0.1, -0.05) is 19.1 Å². The molecule has 3 aromatic rings. The lowest BCUT2D eigenvalue weighted by Crippen LogP contribution is -2.52. The van der Waals surface area contributed by atoms with Crippen LogP contribution in [0.3, 0.4) is 0 Å². The molecule has 0 aromatic heterocycles. The van der Waals surface area contributed by atoms with Gasteiger partial charge in [0, 0.05) is 30.3 Å². The second kappa shape index (κ2) is 10.8. The molecule has 0 aliphatic carbocycles. The highest BCUT2D eigenvalue weighted by Gasteiger charge is 2.38. The molecule has 0 bridgehead atoms. The second-order valence-corrected chi connectivity index (χ2v) is 11.7. The molecule has 208 valence electrons. The minimum atomic E-state index is -3.74. The zero-order chi connectivity index (χ0) is 28.5. The van der Waals surface area contributed by atoms with E-state index in [0.29, 0.717) is 40.3 Å². The minimum absolute atomic E-state index is 0.0226. The predicted molar refractivity (Wildman–Crippen MR) is 150 cm³/mol. The van der Waals surface area contributed by atoms with E-state index in [4.69, 9.17) is 13.7 Å². The molecule has 39 heavy (non-hydrogen) atoms.